The van der Waals surface area contributed by atoms with E-state index in [1.54, 1.807) is 12.1 Å². The summed E-state index contributed by atoms with van der Waals surface area (Å²) in [6.07, 6.45) is 0. The first-order valence-electron chi connectivity index (χ1n) is 5.36. The molecule has 0 saturated carbocycles. The normalized spacial score (nSPS) is 9.59. The zero-order valence-corrected chi connectivity index (χ0v) is 9.35. The summed E-state index contributed by atoms with van der Waals surface area (Å²) in [5.41, 5.74) is 9.23. The highest BCUT2D eigenvalue weighted by Gasteiger charge is 1.95. The van der Waals surface area contributed by atoms with Crippen molar-refractivity contribution in [1.29, 1.82) is 5.26 Å². The first-order chi connectivity index (χ1) is 8.28. The van der Waals surface area contributed by atoms with Crippen LogP contribution in [0.25, 0.3) is 0 Å². The fourth-order valence-electron chi connectivity index (χ4n) is 1.50. The van der Waals surface area contributed by atoms with Crippen LogP contribution in [0.2, 0.25) is 0 Å². The van der Waals surface area contributed by atoms with Crippen molar-refractivity contribution >= 4 is 11.4 Å². The van der Waals surface area contributed by atoms with Crippen LogP contribution in [0.3, 0.4) is 0 Å². The highest BCUT2D eigenvalue weighted by atomic mass is 14.9. The molecule has 3 N–H and O–H groups in total. The zero-order valence-electron chi connectivity index (χ0n) is 9.35. The van der Waals surface area contributed by atoms with Gasteiger partial charge in [-0.1, -0.05) is 12.1 Å². The third kappa shape index (κ3) is 2.99. The van der Waals surface area contributed by atoms with Gasteiger partial charge in [-0.05, 0) is 42.0 Å². The number of nitrogen functional groups attached to an aromatic ring is 1. The molecule has 0 amide bonds. The minimum absolute atomic E-state index is 0.669. The van der Waals surface area contributed by atoms with Crippen molar-refractivity contribution in [2.45, 2.75) is 6.54 Å². The second kappa shape index (κ2) is 5.04. The summed E-state index contributed by atoms with van der Waals surface area (Å²) in [7, 11) is 0. The Bertz CT molecular complexity index is 521. The molecule has 0 radical (unpaired) electrons. The van der Waals surface area contributed by atoms with Crippen LogP contribution >= 0.6 is 0 Å². The highest BCUT2D eigenvalue weighted by Crippen LogP contribution is 2.11. The van der Waals surface area contributed by atoms with Gasteiger partial charge in [0, 0.05) is 17.9 Å². The molecule has 2 rings (SSSR count). The molecule has 0 aliphatic carbocycles. The standard InChI is InChI=1S/C14H13N3/c15-9-11-3-7-14(8-4-11)17-10-12-1-5-13(16)6-2-12/h1-8,17H,10,16H2. The summed E-state index contributed by atoms with van der Waals surface area (Å²) in [5, 5.41) is 12.0. The Balaban J connectivity index is 1.98. The highest BCUT2D eigenvalue weighted by molar-refractivity contribution is 5.48. The molecular formula is C14H13N3. The molecule has 84 valence electrons. The number of hydrogen-bond donors (Lipinski definition) is 2. The number of nitriles is 1. The van der Waals surface area contributed by atoms with E-state index in [9.17, 15) is 0 Å². The summed E-state index contributed by atoms with van der Waals surface area (Å²) in [4.78, 5) is 0. The Morgan fingerprint density at radius 1 is 1.00 bits per heavy atom. The molecule has 2 aromatic carbocycles. The number of nitrogens with zero attached hydrogens (tertiary/aromatic N) is 1. The molecule has 3 nitrogen and oxygen atoms in total. The van der Waals surface area contributed by atoms with Gasteiger partial charge in [0.15, 0.2) is 0 Å². The molecule has 0 bridgehead atoms. The van der Waals surface area contributed by atoms with Gasteiger partial charge in [-0.3, -0.25) is 0 Å². The third-order valence-electron chi connectivity index (χ3n) is 2.49. The molecule has 0 unspecified atom stereocenters. The van der Waals surface area contributed by atoms with Crippen molar-refractivity contribution in [2.24, 2.45) is 0 Å². The molecule has 0 spiro atoms. The van der Waals surface area contributed by atoms with Crippen LogP contribution in [0.1, 0.15) is 11.1 Å². The van der Waals surface area contributed by atoms with Crippen LogP contribution in [0.15, 0.2) is 48.5 Å². The van der Waals surface area contributed by atoms with E-state index < -0.39 is 0 Å². The summed E-state index contributed by atoms with van der Waals surface area (Å²) in [5.74, 6) is 0. The summed E-state index contributed by atoms with van der Waals surface area (Å²) in [6, 6.07) is 17.2. The van der Waals surface area contributed by atoms with Crippen molar-refractivity contribution in [3.05, 3.63) is 59.7 Å². The molecule has 2 aromatic rings. The largest absolute Gasteiger partial charge is 0.399 e. The molecule has 0 saturated heterocycles. The lowest BCUT2D eigenvalue weighted by Crippen LogP contribution is -1.99. The third-order valence-corrected chi connectivity index (χ3v) is 2.49. The number of nitrogens with one attached hydrogen (secondary N) is 1. The fraction of sp³-hybridized carbons (Fsp3) is 0.0714. The Morgan fingerprint density at radius 2 is 1.65 bits per heavy atom. The Kier molecular flexibility index (Phi) is 3.27. The average Bonchev–Trinajstić information content (AvgIpc) is 2.39. The molecular weight excluding hydrogens is 210 g/mol. The molecule has 0 aliphatic heterocycles. The van der Waals surface area contributed by atoms with Crippen LogP contribution in [0.5, 0.6) is 0 Å². The first kappa shape index (κ1) is 11.0. The van der Waals surface area contributed by atoms with E-state index in [1.165, 1.54) is 5.56 Å². The topological polar surface area (TPSA) is 61.8 Å². The second-order valence-electron chi connectivity index (χ2n) is 3.78. The van der Waals surface area contributed by atoms with Gasteiger partial charge in [-0.15, -0.1) is 0 Å². The predicted molar refractivity (Wildman–Crippen MR) is 69.3 cm³/mol. The number of rotatable bonds is 3. The van der Waals surface area contributed by atoms with Gasteiger partial charge in [-0.2, -0.15) is 5.26 Å². The van der Waals surface area contributed by atoms with E-state index in [0.29, 0.717) is 5.56 Å². The number of nitrogens with two attached hydrogens (primary N) is 1. The predicted octanol–water partition coefficient (Wildman–Crippen LogP) is 2.75. The molecule has 17 heavy (non-hydrogen) atoms. The lowest BCUT2D eigenvalue weighted by Gasteiger charge is -2.06. The van der Waals surface area contributed by atoms with E-state index in [4.69, 9.17) is 11.0 Å². The van der Waals surface area contributed by atoms with Crippen LogP contribution in [0.4, 0.5) is 11.4 Å². The Morgan fingerprint density at radius 3 is 2.24 bits per heavy atom. The van der Waals surface area contributed by atoms with E-state index in [0.717, 1.165) is 17.9 Å². The maximum Gasteiger partial charge on any atom is 0.0991 e. The van der Waals surface area contributed by atoms with Gasteiger partial charge in [-0.25, -0.2) is 0 Å². The fourth-order valence-corrected chi connectivity index (χ4v) is 1.50. The molecule has 0 aliphatic rings. The van der Waals surface area contributed by atoms with Crippen molar-refractivity contribution in [2.75, 3.05) is 11.1 Å². The maximum atomic E-state index is 8.68. The van der Waals surface area contributed by atoms with Crippen molar-refractivity contribution < 1.29 is 0 Å². The van der Waals surface area contributed by atoms with E-state index >= 15 is 0 Å². The van der Waals surface area contributed by atoms with Crippen molar-refractivity contribution in [3.8, 4) is 6.07 Å². The van der Waals surface area contributed by atoms with Gasteiger partial charge >= 0.3 is 0 Å². The van der Waals surface area contributed by atoms with Gasteiger partial charge < -0.3 is 11.1 Å². The molecule has 0 aromatic heterocycles. The van der Waals surface area contributed by atoms with Gasteiger partial charge in [0.25, 0.3) is 0 Å². The van der Waals surface area contributed by atoms with Crippen LogP contribution in [-0.4, -0.2) is 0 Å². The van der Waals surface area contributed by atoms with Gasteiger partial charge in [0.05, 0.1) is 11.6 Å². The molecule has 0 heterocycles. The lowest BCUT2D eigenvalue weighted by molar-refractivity contribution is 1.15. The first-order valence-corrected chi connectivity index (χ1v) is 5.36. The molecule has 0 atom stereocenters. The van der Waals surface area contributed by atoms with Crippen molar-refractivity contribution in [1.82, 2.24) is 0 Å². The SMILES string of the molecule is N#Cc1ccc(NCc2ccc(N)cc2)cc1. The quantitative estimate of drug-likeness (QED) is 0.786. The minimum atomic E-state index is 0.669. The monoisotopic (exact) mass is 223 g/mol. The summed E-state index contributed by atoms with van der Waals surface area (Å²) < 4.78 is 0. The van der Waals surface area contributed by atoms with Crippen molar-refractivity contribution in [3.63, 3.8) is 0 Å². The Hall–Kier alpha value is -2.47. The number of hydrogen-bond acceptors (Lipinski definition) is 3. The number of benzene rings is 2. The molecule has 0 fully saturated rings. The second-order valence-corrected chi connectivity index (χ2v) is 3.78. The smallest absolute Gasteiger partial charge is 0.0991 e. The summed E-state index contributed by atoms with van der Waals surface area (Å²) in [6.45, 7) is 0.742. The van der Waals surface area contributed by atoms with Gasteiger partial charge in [0.1, 0.15) is 0 Å². The zero-order chi connectivity index (χ0) is 12.1. The number of anilines is 2. The van der Waals surface area contributed by atoms with Crippen LogP contribution in [0, 0.1) is 11.3 Å². The minimum Gasteiger partial charge on any atom is -0.399 e. The van der Waals surface area contributed by atoms with E-state index in [1.807, 2.05) is 36.4 Å². The summed E-state index contributed by atoms with van der Waals surface area (Å²) >= 11 is 0. The van der Waals surface area contributed by atoms with Crippen LogP contribution < -0.4 is 11.1 Å². The van der Waals surface area contributed by atoms with E-state index in [-0.39, 0.29) is 0 Å². The average molecular weight is 223 g/mol. The van der Waals surface area contributed by atoms with E-state index in [2.05, 4.69) is 11.4 Å². The molecule has 3 heteroatoms. The Labute approximate surface area is 101 Å². The van der Waals surface area contributed by atoms with Gasteiger partial charge in [0.2, 0.25) is 0 Å². The van der Waals surface area contributed by atoms with Crippen LogP contribution in [-0.2, 0) is 6.54 Å². The maximum absolute atomic E-state index is 8.68. The lowest BCUT2D eigenvalue weighted by atomic mass is 10.2.